The van der Waals surface area contributed by atoms with Crippen molar-refractivity contribution in [1.29, 1.82) is 0 Å². The van der Waals surface area contributed by atoms with Crippen LogP contribution in [0, 0.1) is 30.9 Å². The molecule has 3 rings (SSSR count). The quantitative estimate of drug-likeness (QED) is 0.444. The van der Waals surface area contributed by atoms with Gasteiger partial charge in [-0.05, 0) is 62.1 Å². The van der Waals surface area contributed by atoms with Crippen LogP contribution in [0.1, 0.15) is 42.1 Å². The largest absolute Gasteiger partial charge is 0.293 e. The van der Waals surface area contributed by atoms with Crippen molar-refractivity contribution in [3.8, 4) is 5.69 Å². The van der Waals surface area contributed by atoms with Gasteiger partial charge in [0.25, 0.3) is 21.3 Å². The summed E-state index contributed by atoms with van der Waals surface area (Å²) in [5, 5.41) is 11.4. The van der Waals surface area contributed by atoms with E-state index in [1.54, 1.807) is 31.6 Å². The minimum atomic E-state index is -4.09. The van der Waals surface area contributed by atoms with Crippen molar-refractivity contribution in [3.63, 3.8) is 0 Å². The average molecular weight is 459 g/mol. The zero-order valence-electron chi connectivity index (χ0n) is 18.8. The van der Waals surface area contributed by atoms with E-state index in [9.17, 15) is 23.3 Å². The summed E-state index contributed by atoms with van der Waals surface area (Å²) < 4.78 is 31.4. The molecule has 0 amide bonds. The van der Waals surface area contributed by atoms with Crippen molar-refractivity contribution in [2.75, 3.05) is 4.72 Å². The number of nitrogens with one attached hydrogen (secondary N) is 1. The number of nitro groups is 1. The first-order valence-corrected chi connectivity index (χ1v) is 11.5. The Morgan fingerprint density at radius 3 is 2.16 bits per heavy atom. The summed E-state index contributed by atoms with van der Waals surface area (Å²) in [5.74, 6) is 0.0485. The lowest BCUT2D eigenvalue weighted by atomic mass is 10.0. The number of hydrogen-bond acceptors (Lipinski definition) is 5. The Bertz CT molecular complexity index is 1370. The number of nitro benzene ring substituents is 1. The van der Waals surface area contributed by atoms with E-state index < -0.39 is 14.9 Å². The van der Waals surface area contributed by atoms with E-state index in [1.807, 2.05) is 20.8 Å². The molecule has 0 fully saturated rings. The molecule has 32 heavy (non-hydrogen) atoms. The molecule has 1 aromatic heterocycles. The highest BCUT2D eigenvalue weighted by molar-refractivity contribution is 7.92. The average Bonchev–Trinajstić information content (AvgIpc) is 2.92. The lowest BCUT2D eigenvalue weighted by molar-refractivity contribution is -0.384. The number of aromatic nitrogens is 2. The van der Waals surface area contributed by atoms with Gasteiger partial charge in [0.1, 0.15) is 5.69 Å². The van der Waals surface area contributed by atoms with E-state index >= 15 is 0 Å². The molecule has 170 valence electrons. The smallest absolute Gasteiger partial charge is 0.285 e. The zero-order chi connectivity index (χ0) is 24.0. The second-order valence-corrected chi connectivity index (χ2v) is 9.81. The maximum atomic E-state index is 12.9. The number of nitrogens with zero attached hydrogens (tertiary/aromatic N) is 3. The first-order valence-electron chi connectivity index (χ1n) is 10.0. The maximum absolute atomic E-state index is 12.9. The summed E-state index contributed by atoms with van der Waals surface area (Å²) in [4.78, 5) is 23.6. The van der Waals surface area contributed by atoms with Crippen LogP contribution < -0.4 is 10.3 Å². The predicted octanol–water partition coefficient (Wildman–Crippen LogP) is 3.93. The molecular weight excluding hydrogens is 432 g/mol. The fourth-order valence-electron chi connectivity index (χ4n) is 3.87. The monoisotopic (exact) mass is 458 g/mol. The van der Waals surface area contributed by atoms with Crippen molar-refractivity contribution < 1.29 is 13.3 Å². The lowest BCUT2D eigenvalue weighted by Gasteiger charge is -2.13. The third kappa shape index (κ3) is 4.05. The highest BCUT2D eigenvalue weighted by Crippen LogP contribution is 2.31. The Hall–Kier alpha value is -3.40. The maximum Gasteiger partial charge on any atom is 0.293 e. The molecule has 0 saturated carbocycles. The molecule has 0 bridgehead atoms. The van der Waals surface area contributed by atoms with Crippen LogP contribution in [-0.2, 0) is 17.1 Å². The van der Waals surface area contributed by atoms with Gasteiger partial charge in [-0.2, -0.15) is 0 Å². The van der Waals surface area contributed by atoms with E-state index in [4.69, 9.17) is 0 Å². The molecule has 0 radical (unpaired) electrons. The third-order valence-electron chi connectivity index (χ3n) is 5.46. The van der Waals surface area contributed by atoms with E-state index in [1.165, 1.54) is 35.0 Å². The molecule has 0 aliphatic carbocycles. The van der Waals surface area contributed by atoms with Crippen LogP contribution in [0.3, 0.4) is 0 Å². The Labute approximate surface area is 186 Å². The Kier molecular flexibility index (Phi) is 6.01. The molecule has 0 aliphatic heterocycles. The first kappa shape index (κ1) is 23.3. The van der Waals surface area contributed by atoms with Gasteiger partial charge in [-0.15, -0.1) is 0 Å². The van der Waals surface area contributed by atoms with Crippen molar-refractivity contribution in [2.45, 2.75) is 45.4 Å². The fraction of sp³-hybridized carbons (Fsp3) is 0.318. The molecule has 0 saturated heterocycles. The first-order chi connectivity index (χ1) is 14.8. The topological polar surface area (TPSA) is 116 Å². The molecule has 10 heteroatoms. The normalized spacial score (nSPS) is 11.7. The molecule has 2 aromatic carbocycles. The number of anilines is 1. The molecule has 3 aromatic rings. The Morgan fingerprint density at radius 1 is 1.06 bits per heavy atom. The van der Waals surface area contributed by atoms with Crippen LogP contribution in [0.4, 0.5) is 11.4 Å². The van der Waals surface area contributed by atoms with E-state index in [-0.39, 0.29) is 27.7 Å². The second-order valence-electron chi connectivity index (χ2n) is 8.13. The van der Waals surface area contributed by atoms with Crippen LogP contribution in [0.15, 0.2) is 46.1 Å². The van der Waals surface area contributed by atoms with Gasteiger partial charge < -0.3 is 0 Å². The van der Waals surface area contributed by atoms with E-state index in [2.05, 4.69) is 4.72 Å². The number of sulfonamides is 1. The molecule has 0 aliphatic rings. The van der Waals surface area contributed by atoms with Crippen molar-refractivity contribution in [2.24, 2.45) is 7.05 Å². The molecule has 1 heterocycles. The van der Waals surface area contributed by atoms with Crippen LogP contribution >= 0.6 is 0 Å². The summed E-state index contributed by atoms with van der Waals surface area (Å²) in [5.41, 5.74) is 2.63. The summed E-state index contributed by atoms with van der Waals surface area (Å²) in [7, 11) is -2.32. The van der Waals surface area contributed by atoms with Gasteiger partial charge in [-0.3, -0.25) is 24.3 Å². The van der Waals surface area contributed by atoms with E-state index in [0.717, 1.165) is 5.69 Å². The SMILES string of the molecule is Cc1cc(C)c(NS(=O)(=O)c2ccc(-n3c(=O)c(C(C)C)c(C)n3C)cc2)c([N+](=O)[O-])c1. The van der Waals surface area contributed by atoms with Gasteiger partial charge in [0.15, 0.2) is 0 Å². The number of benzene rings is 2. The molecule has 0 spiro atoms. The molecule has 9 nitrogen and oxygen atoms in total. The van der Waals surface area contributed by atoms with Crippen LogP contribution in [0.5, 0.6) is 0 Å². The third-order valence-corrected chi connectivity index (χ3v) is 6.82. The van der Waals surface area contributed by atoms with Crippen molar-refractivity contribution >= 4 is 21.4 Å². The summed E-state index contributed by atoms with van der Waals surface area (Å²) >= 11 is 0. The summed E-state index contributed by atoms with van der Waals surface area (Å²) in [6, 6.07) is 8.81. The van der Waals surface area contributed by atoms with Gasteiger partial charge in [0.2, 0.25) is 0 Å². The number of rotatable bonds is 6. The Balaban J connectivity index is 2.02. The van der Waals surface area contributed by atoms with E-state index in [0.29, 0.717) is 22.4 Å². The van der Waals surface area contributed by atoms with Crippen LogP contribution in [-0.4, -0.2) is 22.7 Å². The zero-order valence-corrected chi connectivity index (χ0v) is 19.6. The highest BCUT2D eigenvalue weighted by Gasteiger charge is 2.24. The van der Waals surface area contributed by atoms with Crippen LogP contribution in [0.2, 0.25) is 0 Å². The van der Waals surface area contributed by atoms with Crippen molar-refractivity contribution in [3.05, 3.63) is 79.3 Å². The molecular formula is C22H26N4O5S. The van der Waals surface area contributed by atoms with Gasteiger partial charge >= 0.3 is 0 Å². The lowest BCUT2D eigenvalue weighted by Crippen LogP contribution is -2.21. The minimum absolute atomic E-state index is 0.0485. The highest BCUT2D eigenvalue weighted by atomic mass is 32.2. The van der Waals surface area contributed by atoms with Crippen molar-refractivity contribution in [1.82, 2.24) is 9.36 Å². The number of hydrogen-bond donors (Lipinski definition) is 1. The summed E-state index contributed by atoms with van der Waals surface area (Å²) in [6.45, 7) is 9.07. The van der Waals surface area contributed by atoms with Gasteiger partial charge in [-0.1, -0.05) is 19.9 Å². The predicted molar refractivity (Wildman–Crippen MR) is 123 cm³/mol. The molecule has 1 N–H and O–H groups in total. The second kappa shape index (κ2) is 8.27. The standard InChI is InChI=1S/C22H26N4O5S/c1-13(2)20-16(5)24(6)25(22(20)27)17-7-9-18(10-8-17)32(30,31)23-21-15(4)11-14(3)12-19(21)26(28)29/h7-13,23H,1-6H3. The van der Waals surface area contributed by atoms with Gasteiger partial charge in [0, 0.05) is 24.4 Å². The van der Waals surface area contributed by atoms with Gasteiger partial charge in [-0.25, -0.2) is 13.1 Å². The Morgan fingerprint density at radius 2 is 1.66 bits per heavy atom. The van der Waals surface area contributed by atoms with Crippen LogP contribution in [0.25, 0.3) is 5.69 Å². The van der Waals surface area contributed by atoms with Gasteiger partial charge in [0.05, 0.1) is 15.5 Å². The fourth-order valence-corrected chi connectivity index (χ4v) is 5.01. The summed E-state index contributed by atoms with van der Waals surface area (Å²) in [6.07, 6.45) is 0. The molecule has 0 atom stereocenters. The molecule has 0 unspecified atom stereocenters. The number of aryl methyl sites for hydroxylation is 2. The minimum Gasteiger partial charge on any atom is -0.285 e.